The number of rotatable bonds is 7. The minimum Gasteiger partial charge on any atom is -0.381 e. The third kappa shape index (κ3) is 3.55. The van der Waals surface area contributed by atoms with Crippen LogP contribution in [0.1, 0.15) is 32.1 Å². The van der Waals surface area contributed by atoms with Crippen LogP contribution in [-0.4, -0.2) is 38.0 Å². The van der Waals surface area contributed by atoms with Crippen LogP contribution in [0.2, 0.25) is 0 Å². The lowest BCUT2D eigenvalue weighted by atomic mass is 9.48. The number of nitrogens with zero attached hydrogens (tertiary/aromatic N) is 1. The average Bonchev–Trinajstić information content (AvgIpc) is 2.68. The van der Waals surface area contributed by atoms with E-state index in [2.05, 4.69) is 16.7 Å². The van der Waals surface area contributed by atoms with E-state index < -0.39 is 0 Å². The number of ether oxygens (including phenoxy) is 2. The van der Waals surface area contributed by atoms with Gasteiger partial charge in [0.1, 0.15) is 6.23 Å². The molecule has 4 aliphatic rings. The lowest BCUT2D eigenvalue weighted by Crippen LogP contribution is -2.67. The molecule has 1 aromatic carbocycles. The van der Waals surface area contributed by atoms with E-state index in [4.69, 9.17) is 9.47 Å². The van der Waals surface area contributed by atoms with E-state index in [1.165, 1.54) is 0 Å². The zero-order valence-corrected chi connectivity index (χ0v) is 16.6. The Bertz CT molecular complexity index is 749. The quantitative estimate of drug-likeness (QED) is 0.708. The normalized spacial score (nSPS) is 36.7. The highest BCUT2D eigenvalue weighted by Crippen LogP contribution is 2.59. The van der Waals surface area contributed by atoms with Crippen molar-refractivity contribution < 1.29 is 14.3 Å². The van der Waals surface area contributed by atoms with Gasteiger partial charge >= 0.3 is 0 Å². The summed E-state index contributed by atoms with van der Waals surface area (Å²) in [6.07, 6.45) is 4.08. The number of hydrogen-bond acceptors (Lipinski definition) is 5. The highest BCUT2D eigenvalue weighted by molar-refractivity contribution is 5.90. The molecule has 4 bridgehead atoms. The lowest BCUT2D eigenvalue weighted by molar-refractivity contribution is -0.157. The Morgan fingerprint density at radius 1 is 1.25 bits per heavy atom. The smallest absolute Gasteiger partial charge is 0.228 e. The number of methoxy groups -OCH3 is 2. The van der Waals surface area contributed by atoms with Crippen LogP contribution in [0.15, 0.2) is 30.3 Å². The van der Waals surface area contributed by atoms with E-state index in [1.807, 2.05) is 30.3 Å². The second-order valence-corrected chi connectivity index (χ2v) is 8.65. The summed E-state index contributed by atoms with van der Waals surface area (Å²) in [6.45, 7) is 0. The van der Waals surface area contributed by atoms with E-state index in [0.717, 1.165) is 31.4 Å². The fourth-order valence-corrected chi connectivity index (χ4v) is 6.11. The summed E-state index contributed by atoms with van der Waals surface area (Å²) in [5.41, 5.74) is 0.728. The van der Waals surface area contributed by atoms with E-state index in [0.29, 0.717) is 11.8 Å². The molecule has 1 aromatic rings. The van der Waals surface area contributed by atoms with Crippen LogP contribution in [-0.2, 0) is 14.3 Å². The molecule has 0 aliphatic heterocycles. The first-order valence-electron chi connectivity index (χ1n) is 10.2. The van der Waals surface area contributed by atoms with Crippen molar-refractivity contribution in [2.45, 2.75) is 50.0 Å². The Morgan fingerprint density at radius 2 is 2.00 bits per heavy atom. The van der Waals surface area contributed by atoms with Crippen LogP contribution in [0.25, 0.3) is 0 Å². The average molecular weight is 383 g/mol. The van der Waals surface area contributed by atoms with Gasteiger partial charge in [0.2, 0.25) is 5.91 Å². The number of anilines is 1. The molecule has 4 saturated carbocycles. The molecular weight excluding hydrogens is 354 g/mol. The Balaban J connectivity index is 1.43. The number of amides is 1. The predicted octanol–water partition coefficient (Wildman–Crippen LogP) is 2.92. The predicted molar refractivity (Wildman–Crippen MR) is 105 cm³/mol. The minimum absolute atomic E-state index is 0.0612. The Labute approximate surface area is 166 Å². The van der Waals surface area contributed by atoms with Gasteiger partial charge in [0.15, 0.2) is 0 Å². The van der Waals surface area contributed by atoms with Crippen molar-refractivity contribution in [3.8, 4) is 6.07 Å². The van der Waals surface area contributed by atoms with Crippen LogP contribution < -0.4 is 10.6 Å². The standard InChI is InChI=1S/C22H29N3O3/c1-27-20(9-19(26)24-16-6-4-3-5-7-16)25-22-10-14-8-15(11-22)21(28-2)17(12-22)18(14)13-23/h3-7,14-15,17-18,20-21,25H,8-12H2,1-2H3,(H,24,26). The van der Waals surface area contributed by atoms with Crippen molar-refractivity contribution in [1.82, 2.24) is 5.32 Å². The number of nitrogens with one attached hydrogen (secondary N) is 2. The van der Waals surface area contributed by atoms with Crippen molar-refractivity contribution >= 4 is 11.6 Å². The highest BCUT2D eigenvalue weighted by atomic mass is 16.5. The Hall–Kier alpha value is -1.94. The molecule has 0 saturated heterocycles. The van der Waals surface area contributed by atoms with Crippen LogP contribution in [0, 0.1) is 35.0 Å². The maximum atomic E-state index is 12.5. The van der Waals surface area contributed by atoms with Crippen molar-refractivity contribution in [3.63, 3.8) is 0 Å². The van der Waals surface area contributed by atoms with Gasteiger partial charge < -0.3 is 14.8 Å². The molecule has 6 nitrogen and oxygen atoms in total. The summed E-state index contributed by atoms with van der Waals surface area (Å²) in [5.74, 6) is 1.18. The van der Waals surface area contributed by atoms with Gasteiger partial charge in [-0.05, 0) is 49.7 Å². The summed E-state index contributed by atoms with van der Waals surface area (Å²) in [5, 5.41) is 16.3. The summed E-state index contributed by atoms with van der Waals surface area (Å²) in [4.78, 5) is 12.5. The van der Waals surface area contributed by atoms with E-state index in [-0.39, 0.29) is 42.0 Å². The Morgan fingerprint density at radius 3 is 2.68 bits per heavy atom. The third-order valence-corrected chi connectivity index (χ3v) is 6.99. The molecule has 4 fully saturated rings. The summed E-state index contributed by atoms with van der Waals surface area (Å²) in [7, 11) is 3.41. The third-order valence-electron chi connectivity index (χ3n) is 6.99. The molecule has 4 aliphatic carbocycles. The van der Waals surface area contributed by atoms with E-state index in [9.17, 15) is 10.1 Å². The van der Waals surface area contributed by atoms with Crippen LogP contribution in [0.3, 0.4) is 0 Å². The first kappa shape index (κ1) is 19.4. The summed E-state index contributed by atoms with van der Waals surface area (Å²) < 4.78 is 11.4. The fourth-order valence-electron chi connectivity index (χ4n) is 6.11. The zero-order valence-electron chi connectivity index (χ0n) is 16.6. The van der Waals surface area contributed by atoms with Gasteiger partial charge in [-0.3, -0.25) is 10.1 Å². The number of carbonyl (C=O) groups is 1. The molecular formula is C22H29N3O3. The largest absolute Gasteiger partial charge is 0.381 e. The Kier molecular flexibility index (Phi) is 5.42. The molecule has 7 unspecified atom stereocenters. The van der Waals surface area contributed by atoms with Crippen molar-refractivity contribution in [3.05, 3.63) is 30.3 Å². The maximum Gasteiger partial charge on any atom is 0.228 e. The topological polar surface area (TPSA) is 83.4 Å². The van der Waals surface area contributed by atoms with Gasteiger partial charge in [0.05, 0.1) is 24.5 Å². The first-order valence-corrected chi connectivity index (χ1v) is 10.2. The molecule has 0 radical (unpaired) electrons. The van der Waals surface area contributed by atoms with Crippen molar-refractivity contribution in [1.29, 1.82) is 5.26 Å². The second kappa shape index (κ2) is 7.82. The van der Waals surface area contributed by atoms with Crippen LogP contribution in [0.5, 0.6) is 0 Å². The molecule has 1 amide bonds. The monoisotopic (exact) mass is 383 g/mol. The summed E-state index contributed by atoms with van der Waals surface area (Å²) in [6, 6.07) is 12.0. The first-order chi connectivity index (χ1) is 13.6. The molecule has 5 rings (SSSR count). The van der Waals surface area contributed by atoms with Gasteiger partial charge in [0.25, 0.3) is 0 Å². The number of carbonyl (C=O) groups excluding carboxylic acids is 1. The number of nitriles is 1. The van der Waals surface area contributed by atoms with Crippen molar-refractivity contribution in [2.24, 2.45) is 23.7 Å². The van der Waals surface area contributed by atoms with Gasteiger partial charge in [-0.25, -0.2) is 0 Å². The lowest BCUT2D eigenvalue weighted by Gasteiger charge is -2.62. The molecule has 0 heterocycles. The van der Waals surface area contributed by atoms with Crippen molar-refractivity contribution in [2.75, 3.05) is 19.5 Å². The zero-order chi connectivity index (χ0) is 19.7. The molecule has 2 N–H and O–H groups in total. The molecule has 0 aromatic heterocycles. The molecule has 7 atom stereocenters. The number of benzene rings is 1. The molecule has 0 spiro atoms. The van der Waals surface area contributed by atoms with Crippen LogP contribution >= 0.6 is 0 Å². The van der Waals surface area contributed by atoms with E-state index in [1.54, 1.807) is 14.2 Å². The molecule has 28 heavy (non-hydrogen) atoms. The van der Waals surface area contributed by atoms with Crippen LogP contribution in [0.4, 0.5) is 5.69 Å². The van der Waals surface area contributed by atoms with Gasteiger partial charge in [-0.15, -0.1) is 0 Å². The SMILES string of the molecule is COC(CC(=O)Nc1ccccc1)NC12CC3CC(C1)C(OC)C(C2)C3C#N. The minimum atomic E-state index is -0.346. The van der Waals surface area contributed by atoms with E-state index >= 15 is 0 Å². The number of hydrogen-bond donors (Lipinski definition) is 2. The van der Waals surface area contributed by atoms with Gasteiger partial charge in [-0.1, -0.05) is 18.2 Å². The highest BCUT2D eigenvalue weighted by Gasteiger charge is 2.60. The van der Waals surface area contributed by atoms with Gasteiger partial charge in [0, 0.05) is 31.4 Å². The second-order valence-electron chi connectivity index (χ2n) is 8.65. The van der Waals surface area contributed by atoms with Gasteiger partial charge in [-0.2, -0.15) is 5.26 Å². The maximum absolute atomic E-state index is 12.5. The molecule has 6 heteroatoms. The molecule has 150 valence electrons. The fraction of sp³-hybridized carbons (Fsp3) is 0.636. The summed E-state index contributed by atoms with van der Waals surface area (Å²) >= 11 is 0. The number of para-hydroxylation sites is 1.